The molecule has 0 radical (unpaired) electrons. The number of anilines is 1. The van der Waals surface area contributed by atoms with E-state index in [-0.39, 0.29) is 12.5 Å². The fourth-order valence-corrected chi connectivity index (χ4v) is 2.17. The third-order valence-electron chi connectivity index (χ3n) is 2.74. The maximum Gasteiger partial charge on any atom is 0.246 e. The van der Waals surface area contributed by atoms with Crippen LogP contribution in [0.1, 0.15) is 25.1 Å². The van der Waals surface area contributed by atoms with Crippen LogP contribution < -0.4 is 5.32 Å². The van der Waals surface area contributed by atoms with Crippen molar-refractivity contribution in [1.82, 2.24) is 15.0 Å². The topological polar surface area (TPSA) is 80.0 Å². The van der Waals surface area contributed by atoms with Crippen LogP contribution in [-0.4, -0.2) is 26.0 Å². The zero-order chi connectivity index (χ0) is 14.5. The first-order valence-electron chi connectivity index (χ1n) is 6.22. The van der Waals surface area contributed by atoms with Gasteiger partial charge in [0.25, 0.3) is 0 Å². The maximum atomic E-state index is 11.9. The van der Waals surface area contributed by atoms with Gasteiger partial charge in [-0.05, 0) is 41.1 Å². The van der Waals surface area contributed by atoms with E-state index in [4.69, 9.17) is 0 Å². The highest BCUT2D eigenvalue weighted by atomic mass is 127. The number of benzene rings is 1. The molecule has 1 aromatic carbocycles. The smallest absolute Gasteiger partial charge is 0.246 e. The Morgan fingerprint density at radius 3 is 2.95 bits per heavy atom. The zero-order valence-electron chi connectivity index (χ0n) is 11.0. The van der Waals surface area contributed by atoms with Crippen LogP contribution in [0.2, 0.25) is 0 Å². The van der Waals surface area contributed by atoms with Gasteiger partial charge in [0.2, 0.25) is 5.91 Å². The van der Waals surface area contributed by atoms with Crippen molar-refractivity contribution in [2.24, 2.45) is 0 Å². The lowest BCUT2D eigenvalue weighted by molar-refractivity contribution is -0.116. The monoisotopic (exact) mass is 386 g/mol. The number of para-hydroxylation sites is 1. The number of aliphatic hydroxyl groups is 1. The van der Waals surface area contributed by atoms with Gasteiger partial charge in [-0.3, -0.25) is 4.79 Å². The summed E-state index contributed by atoms with van der Waals surface area (Å²) in [6, 6.07) is 7.53. The number of hydrogen-bond acceptors (Lipinski definition) is 4. The average Bonchev–Trinajstić information content (AvgIpc) is 2.89. The van der Waals surface area contributed by atoms with Crippen molar-refractivity contribution in [3.05, 3.63) is 39.7 Å². The van der Waals surface area contributed by atoms with E-state index in [1.807, 2.05) is 31.2 Å². The predicted molar refractivity (Wildman–Crippen MR) is 83.1 cm³/mol. The van der Waals surface area contributed by atoms with Crippen molar-refractivity contribution in [2.45, 2.75) is 26.0 Å². The number of carbonyl (C=O) groups is 1. The van der Waals surface area contributed by atoms with Crippen LogP contribution in [0.4, 0.5) is 5.69 Å². The first-order valence-corrected chi connectivity index (χ1v) is 7.30. The Hall–Kier alpha value is -1.48. The third kappa shape index (κ3) is 3.76. The number of nitrogens with one attached hydrogen (secondary N) is 1. The van der Waals surface area contributed by atoms with Crippen LogP contribution in [0.25, 0.3) is 0 Å². The van der Waals surface area contributed by atoms with E-state index in [0.29, 0.717) is 12.1 Å². The fourth-order valence-electron chi connectivity index (χ4n) is 1.65. The van der Waals surface area contributed by atoms with Crippen molar-refractivity contribution in [3.8, 4) is 0 Å². The number of carbonyl (C=O) groups excluding carboxylic acids is 1. The van der Waals surface area contributed by atoms with Crippen LogP contribution >= 0.6 is 22.6 Å². The Balaban J connectivity index is 1.98. The molecular formula is C13H15IN4O2. The Morgan fingerprint density at radius 1 is 1.50 bits per heavy atom. The van der Waals surface area contributed by atoms with Gasteiger partial charge in [-0.25, -0.2) is 4.68 Å². The van der Waals surface area contributed by atoms with Gasteiger partial charge in [-0.1, -0.05) is 24.3 Å². The Bertz CT molecular complexity index is 600. The molecule has 6 nitrogen and oxygen atoms in total. The van der Waals surface area contributed by atoms with E-state index in [9.17, 15) is 9.90 Å². The molecule has 106 valence electrons. The first-order chi connectivity index (χ1) is 9.60. The molecule has 1 atom stereocenters. The van der Waals surface area contributed by atoms with E-state index in [2.05, 4.69) is 38.2 Å². The SMILES string of the molecule is CCC(O)c1cn(CC(=O)Nc2ccccc2I)nn1. The molecule has 7 heteroatoms. The minimum atomic E-state index is -0.637. The van der Waals surface area contributed by atoms with Gasteiger partial charge < -0.3 is 10.4 Å². The lowest BCUT2D eigenvalue weighted by atomic mass is 10.2. The lowest BCUT2D eigenvalue weighted by Crippen LogP contribution is -2.19. The summed E-state index contributed by atoms with van der Waals surface area (Å²) in [6.07, 6.45) is 1.51. The van der Waals surface area contributed by atoms with Gasteiger partial charge in [0.15, 0.2) is 0 Å². The van der Waals surface area contributed by atoms with E-state index < -0.39 is 6.10 Å². The summed E-state index contributed by atoms with van der Waals surface area (Å²) in [5, 5.41) is 20.1. The van der Waals surface area contributed by atoms with Crippen LogP contribution in [0, 0.1) is 3.57 Å². The van der Waals surface area contributed by atoms with Crippen molar-refractivity contribution >= 4 is 34.2 Å². The van der Waals surface area contributed by atoms with Crippen LogP contribution in [-0.2, 0) is 11.3 Å². The molecular weight excluding hydrogens is 371 g/mol. The second-order valence-electron chi connectivity index (χ2n) is 4.29. The molecule has 1 unspecified atom stereocenters. The molecule has 0 spiro atoms. The van der Waals surface area contributed by atoms with Crippen molar-refractivity contribution in [2.75, 3.05) is 5.32 Å². The molecule has 20 heavy (non-hydrogen) atoms. The summed E-state index contributed by atoms with van der Waals surface area (Å²) in [6.45, 7) is 1.92. The fraction of sp³-hybridized carbons (Fsp3) is 0.308. The number of amides is 1. The Morgan fingerprint density at radius 2 is 2.25 bits per heavy atom. The number of aromatic nitrogens is 3. The van der Waals surface area contributed by atoms with E-state index in [1.165, 1.54) is 4.68 Å². The molecule has 0 bridgehead atoms. The van der Waals surface area contributed by atoms with Gasteiger partial charge in [0.1, 0.15) is 12.2 Å². The van der Waals surface area contributed by atoms with Gasteiger partial charge >= 0.3 is 0 Å². The molecule has 0 saturated carbocycles. The molecule has 1 aromatic heterocycles. The van der Waals surface area contributed by atoms with Gasteiger partial charge in [-0.15, -0.1) is 5.10 Å². The first kappa shape index (κ1) is 14.9. The summed E-state index contributed by atoms with van der Waals surface area (Å²) < 4.78 is 2.39. The summed E-state index contributed by atoms with van der Waals surface area (Å²) >= 11 is 2.16. The highest BCUT2D eigenvalue weighted by Gasteiger charge is 2.12. The van der Waals surface area contributed by atoms with Crippen LogP contribution in [0.3, 0.4) is 0 Å². The number of rotatable bonds is 5. The number of halogens is 1. The molecule has 2 N–H and O–H groups in total. The standard InChI is InChI=1S/C13H15IN4O2/c1-2-12(19)11-7-18(17-16-11)8-13(20)15-10-6-4-3-5-9(10)14/h3-7,12,19H,2,8H2,1H3,(H,15,20). The Labute approximate surface area is 130 Å². The molecule has 1 amide bonds. The highest BCUT2D eigenvalue weighted by molar-refractivity contribution is 14.1. The zero-order valence-corrected chi connectivity index (χ0v) is 13.1. The van der Waals surface area contributed by atoms with Gasteiger partial charge in [0.05, 0.1) is 18.0 Å². The van der Waals surface area contributed by atoms with Crippen LogP contribution in [0.15, 0.2) is 30.5 Å². The Kier molecular flexibility index (Phi) is 5.07. The van der Waals surface area contributed by atoms with E-state index in [0.717, 1.165) is 9.26 Å². The van der Waals surface area contributed by atoms with E-state index >= 15 is 0 Å². The molecule has 1 heterocycles. The summed E-state index contributed by atoms with van der Waals surface area (Å²) in [4.78, 5) is 11.9. The quantitative estimate of drug-likeness (QED) is 0.771. The summed E-state index contributed by atoms with van der Waals surface area (Å²) in [5.74, 6) is -0.184. The molecule has 0 aliphatic carbocycles. The lowest BCUT2D eigenvalue weighted by Gasteiger charge is -2.06. The second-order valence-corrected chi connectivity index (χ2v) is 5.46. The van der Waals surface area contributed by atoms with Crippen molar-refractivity contribution in [3.63, 3.8) is 0 Å². The molecule has 2 rings (SSSR count). The average molecular weight is 386 g/mol. The highest BCUT2D eigenvalue weighted by Crippen LogP contribution is 2.17. The number of nitrogens with zero attached hydrogens (tertiary/aromatic N) is 3. The summed E-state index contributed by atoms with van der Waals surface area (Å²) in [5.41, 5.74) is 1.25. The van der Waals surface area contributed by atoms with E-state index in [1.54, 1.807) is 6.20 Å². The normalized spacial score (nSPS) is 12.2. The predicted octanol–water partition coefficient (Wildman–Crippen LogP) is 1.96. The summed E-state index contributed by atoms with van der Waals surface area (Å²) in [7, 11) is 0. The molecule has 0 fully saturated rings. The second kappa shape index (κ2) is 6.80. The van der Waals surface area contributed by atoms with Crippen LogP contribution in [0.5, 0.6) is 0 Å². The molecule has 0 aliphatic rings. The number of hydrogen-bond donors (Lipinski definition) is 2. The maximum absolute atomic E-state index is 11.9. The minimum Gasteiger partial charge on any atom is -0.387 e. The number of aliphatic hydroxyl groups excluding tert-OH is 1. The van der Waals surface area contributed by atoms with Gasteiger partial charge in [0, 0.05) is 3.57 Å². The van der Waals surface area contributed by atoms with Crippen molar-refractivity contribution in [1.29, 1.82) is 0 Å². The van der Waals surface area contributed by atoms with Crippen molar-refractivity contribution < 1.29 is 9.90 Å². The molecule has 2 aromatic rings. The molecule has 0 saturated heterocycles. The van der Waals surface area contributed by atoms with Gasteiger partial charge in [-0.2, -0.15) is 0 Å². The molecule has 0 aliphatic heterocycles. The largest absolute Gasteiger partial charge is 0.387 e. The minimum absolute atomic E-state index is 0.0639. The third-order valence-corrected chi connectivity index (χ3v) is 3.68.